The van der Waals surface area contributed by atoms with Gasteiger partial charge in [-0.3, -0.25) is 9.69 Å². The molecule has 0 radical (unpaired) electrons. The van der Waals surface area contributed by atoms with E-state index in [4.69, 9.17) is 11.6 Å². The van der Waals surface area contributed by atoms with E-state index in [9.17, 15) is 4.79 Å². The van der Waals surface area contributed by atoms with Crippen molar-refractivity contribution in [2.75, 3.05) is 33.7 Å². The Hall–Kier alpha value is -2.40. The molecule has 1 heterocycles. The van der Waals surface area contributed by atoms with Crippen molar-refractivity contribution in [2.45, 2.75) is 24.9 Å². The standard InChI is InChI=1S/C26H30ClN3O/c1-28-25(17-22-9-5-6-10-24(22)27)26(31)30-14-13-29(2)23(18-30)16-19-11-12-20-7-3-4-8-21(20)15-19/h3-12,15,23,25,28H,13-14,16-18H2,1-2H3/t23-,25-/m1/s1. The second-order valence-electron chi connectivity index (χ2n) is 8.44. The number of fused-ring (bicyclic) bond motifs is 1. The molecule has 3 aromatic carbocycles. The molecule has 0 aromatic heterocycles. The van der Waals surface area contributed by atoms with E-state index in [0.29, 0.717) is 17.5 Å². The fraction of sp³-hybridized carbons (Fsp3) is 0.346. The lowest BCUT2D eigenvalue weighted by Gasteiger charge is -2.41. The van der Waals surface area contributed by atoms with E-state index in [1.54, 1.807) is 0 Å². The maximum Gasteiger partial charge on any atom is 0.240 e. The van der Waals surface area contributed by atoms with Crippen molar-refractivity contribution in [1.29, 1.82) is 0 Å². The maximum absolute atomic E-state index is 13.3. The Bertz CT molecular complexity index is 1050. The first kappa shape index (κ1) is 21.8. The van der Waals surface area contributed by atoms with Gasteiger partial charge in [0.05, 0.1) is 6.04 Å². The van der Waals surface area contributed by atoms with Gasteiger partial charge in [0.2, 0.25) is 5.91 Å². The predicted octanol–water partition coefficient (Wildman–Crippen LogP) is 4.01. The molecule has 1 aliphatic heterocycles. The number of likely N-dealkylation sites (N-methyl/N-ethyl adjacent to an activating group) is 2. The Morgan fingerprint density at radius 3 is 2.58 bits per heavy atom. The third-order valence-corrected chi connectivity index (χ3v) is 6.77. The minimum Gasteiger partial charge on any atom is -0.338 e. The number of piperazine rings is 1. The number of carbonyl (C=O) groups is 1. The number of hydrogen-bond donors (Lipinski definition) is 1. The van der Waals surface area contributed by atoms with Crippen molar-refractivity contribution < 1.29 is 4.79 Å². The Kier molecular flexibility index (Phi) is 6.91. The van der Waals surface area contributed by atoms with Crippen molar-refractivity contribution in [3.63, 3.8) is 0 Å². The zero-order valence-corrected chi connectivity index (χ0v) is 19.0. The van der Waals surface area contributed by atoms with Gasteiger partial charge >= 0.3 is 0 Å². The predicted molar refractivity (Wildman–Crippen MR) is 129 cm³/mol. The molecule has 0 aliphatic carbocycles. The number of amides is 1. The highest BCUT2D eigenvalue weighted by Crippen LogP contribution is 2.21. The van der Waals surface area contributed by atoms with Gasteiger partial charge in [0.25, 0.3) is 0 Å². The van der Waals surface area contributed by atoms with Crippen LogP contribution < -0.4 is 5.32 Å². The van der Waals surface area contributed by atoms with Gasteiger partial charge in [0, 0.05) is 30.7 Å². The van der Waals surface area contributed by atoms with Gasteiger partial charge in [-0.05, 0) is 54.9 Å². The highest BCUT2D eigenvalue weighted by Gasteiger charge is 2.31. The van der Waals surface area contributed by atoms with Gasteiger partial charge in [-0.15, -0.1) is 0 Å². The summed E-state index contributed by atoms with van der Waals surface area (Å²) in [7, 11) is 4.01. The first-order valence-corrected chi connectivity index (χ1v) is 11.3. The Morgan fingerprint density at radius 1 is 1.06 bits per heavy atom. The molecule has 3 aromatic rings. The summed E-state index contributed by atoms with van der Waals surface area (Å²) in [5, 5.41) is 6.44. The minimum atomic E-state index is -0.273. The van der Waals surface area contributed by atoms with Crippen molar-refractivity contribution in [3.8, 4) is 0 Å². The zero-order valence-electron chi connectivity index (χ0n) is 18.2. The highest BCUT2D eigenvalue weighted by molar-refractivity contribution is 6.31. The number of nitrogens with zero attached hydrogens (tertiary/aromatic N) is 2. The van der Waals surface area contributed by atoms with Crippen LogP contribution in [0.3, 0.4) is 0 Å². The van der Waals surface area contributed by atoms with Crippen molar-refractivity contribution >= 4 is 28.3 Å². The van der Waals surface area contributed by atoms with E-state index in [1.807, 2.05) is 36.2 Å². The third-order valence-electron chi connectivity index (χ3n) is 6.40. The normalized spacial score (nSPS) is 18.3. The molecule has 1 saturated heterocycles. The number of benzene rings is 3. The molecule has 2 atom stereocenters. The molecule has 0 spiro atoms. The molecule has 31 heavy (non-hydrogen) atoms. The molecule has 4 nitrogen and oxygen atoms in total. The van der Waals surface area contributed by atoms with E-state index >= 15 is 0 Å². The summed E-state index contributed by atoms with van der Waals surface area (Å²) >= 11 is 6.33. The van der Waals surface area contributed by atoms with Crippen molar-refractivity contribution in [3.05, 3.63) is 82.9 Å². The van der Waals surface area contributed by atoms with Crippen LogP contribution >= 0.6 is 11.6 Å². The van der Waals surface area contributed by atoms with Gasteiger partial charge in [-0.25, -0.2) is 0 Å². The Balaban J connectivity index is 1.45. The number of rotatable bonds is 6. The summed E-state index contributed by atoms with van der Waals surface area (Å²) in [6, 6.07) is 22.9. The average Bonchev–Trinajstić information content (AvgIpc) is 2.79. The summed E-state index contributed by atoms with van der Waals surface area (Å²) in [4.78, 5) is 17.7. The largest absolute Gasteiger partial charge is 0.338 e. The van der Waals surface area contributed by atoms with E-state index in [-0.39, 0.29) is 11.9 Å². The topological polar surface area (TPSA) is 35.6 Å². The van der Waals surface area contributed by atoms with Crippen molar-refractivity contribution in [2.24, 2.45) is 0 Å². The Labute approximate surface area is 189 Å². The summed E-state index contributed by atoms with van der Waals surface area (Å²) in [6.45, 7) is 2.37. The van der Waals surface area contributed by atoms with E-state index in [0.717, 1.165) is 31.6 Å². The lowest BCUT2D eigenvalue weighted by molar-refractivity contribution is -0.136. The van der Waals surface area contributed by atoms with E-state index in [2.05, 4.69) is 59.7 Å². The monoisotopic (exact) mass is 435 g/mol. The summed E-state index contributed by atoms with van der Waals surface area (Å²) in [5.74, 6) is 0.152. The molecule has 162 valence electrons. The van der Waals surface area contributed by atoms with E-state index in [1.165, 1.54) is 16.3 Å². The second kappa shape index (κ2) is 9.82. The first-order chi connectivity index (χ1) is 15.0. The molecule has 1 N–H and O–H groups in total. The number of halogens is 1. The maximum atomic E-state index is 13.3. The lowest BCUT2D eigenvalue weighted by atomic mass is 9.98. The fourth-order valence-electron chi connectivity index (χ4n) is 4.42. The molecule has 1 aliphatic rings. The molecule has 1 amide bonds. The summed E-state index contributed by atoms with van der Waals surface area (Å²) < 4.78 is 0. The van der Waals surface area contributed by atoms with Crippen LogP contribution in [0.2, 0.25) is 5.02 Å². The highest BCUT2D eigenvalue weighted by atomic mass is 35.5. The molecule has 1 fully saturated rings. The van der Waals surface area contributed by atoms with Crippen LogP contribution in [0.15, 0.2) is 66.7 Å². The van der Waals surface area contributed by atoms with Crippen LogP contribution in [0.4, 0.5) is 0 Å². The molecule has 4 rings (SSSR count). The fourth-order valence-corrected chi connectivity index (χ4v) is 4.63. The number of carbonyl (C=O) groups excluding carboxylic acids is 1. The van der Waals surface area contributed by atoms with Gasteiger partial charge in [-0.1, -0.05) is 72.3 Å². The molecule has 5 heteroatoms. The molecule has 0 bridgehead atoms. The van der Waals surface area contributed by atoms with Crippen LogP contribution in [-0.4, -0.2) is 61.5 Å². The van der Waals surface area contributed by atoms with Crippen LogP contribution in [-0.2, 0) is 17.6 Å². The average molecular weight is 436 g/mol. The van der Waals surface area contributed by atoms with Gasteiger partial charge in [-0.2, -0.15) is 0 Å². The molecule has 0 unspecified atom stereocenters. The molecule has 0 saturated carbocycles. The first-order valence-electron chi connectivity index (χ1n) is 10.9. The zero-order chi connectivity index (χ0) is 21.8. The summed E-state index contributed by atoms with van der Waals surface area (Å²) in [5.41, 5.74) is 2.31. The SMILES string of the molecule is CN[C@H](Cc1ccccc1Cl)C(=O)N1CCN(C)[C@H](Cc2ccc3ccccc3c2)C1. The van der Waals surface area contributed by atoms with Gasteiger partial charge in [0.15, 0.2) is 0 Å². The molecular weight excluding hydrogens is 406 g/mol. The van der Waals surface area contributed by atoms with Gasteiger partial charge < -0.3 is 10.2 Å². The van der Waals surface area contributed by atoms with Crippen LogP contribution in [0.25, 0.3) is 10.8 Å². The Morgan fingerprint density at radius 2 is 1.81 bits per heavy atom. The minimum absolute atomic E-state index is 0.152. The third kappa shape index (κ3) is 5.09. The second-order valence-corrected chi connectivity index (χ2v) is 8.85. The van der Waals surface area contributed by atoms with Crippen LogP contribution in [0, 0.1) is 0 Å². The van der Waals surface area contributed by atoms with Crippen molar-refractivity contribution in [1.82, 2.24) is 15.1 Å². The van der Waals surface area contributed by atoms with E-state index < -0.39 is 0 Å². The smallest absolute Gasteiger partial charge is 0.240 e. The number of hydrogen-bond acceptors (Lipinski definition) is 3. The van der Waals surface area contributed by atoms with Crippen LogP contribution in [0.1, 0.15) is 11.1 Å². The molecular formula is C26H30ClN3O. The quantitative estimate of drug-likeness (QED) is 0.635. The lowest BCUT2D eigenvalue weighted by Crippen LogP contribution is -2.57. The number of nitrogens with one attached hydrogen (secondary N) is 1. The van der Waals surface area contributed by atoms with Gasteiger partial charge in [0.1, 0.15) is 0 Å². The summed E-state index contributed by atoms with van der Waals surface area (Å²) in [6.07, 6.45) is 1.52. The van der Waals surface area contributed by atoms with Crippen LogP contribution in [0.5, 0.6) is 0 Å².